The molecule has 2 fully saturated rings. The molecule has 0 atom stereocenters. The van der Waals surface area contributed by atoms with Gasteiger partial charge in [-0.2, -0.15) is 4.31 Å². The summed E-state index contributed by atoms with van der Waals surface area (Å²) in [5.41, 5.74) is 0.389. The molecular formula is C15H20N2O4S. The Morgan fingerprint density at radius 3 is 2.27 bits per heavy atom. The molecule has 1 aromatic rings. The molecule has 0 bridgehead atoms. The average molecular weight is 324 g/mol. The zero-order chi connectivity index (χ0) is 15.9. The lowest BCUT2D eigenvalue weighted by molar-refractivity contribution is -0.385. The van der Waals surface area contributed by atoms with E-state index in [1.54, 1.807) is 11.2 Å². The van der Waals surface area contributed by atoms with E-state index in [0.29, 0.717) is 5.56 Å². The molecule has 0 saturated heterocycles. The van der Waals surface area contributed by atoms with Crippen LogP contribution >= 0.6 is 0 Å². The van der Waals surface area contributed by atoms with Gasteiger partial charge in [0.2, 0.25) is 10.0 Å². The van der Waals surface area contributed by atoms with Gasteiger partial charge in [0.1, 0.15) is 0 Å². The summed E-state index contributed by atoms with van der Waals surface area (Å²) in [5, 5.41) is 11.0. The predicted octanol–water partition coefficient (Wildman–Crippen LogP) is 3.00. The number of hydrogen-bond donors (Lipinski definition) is 0. The van der Waals surface area contributed by atoms with Crippen molar-refractivity contribution >= 4 is 15.7 Å². The Kier molecular flexibility index (Phi) is 3.94. The van der Waals surface area contributed by atoms with Crippen molar-refractivity contribution in [3.8, 4) is 0 Å². The van der Waals surface area contributed by atoms with E-state index >= 15 is 0 Å². The molecule has 1 aromatic carbocycles. The van der Waals surface area contributed by atoms with Crippen LogP contribution in [0.2, 0.25) is 0 Å². The third-order valence-corrected chi connectivity index (χ3v) is 6.68. The highest BCUT2D eigenvalue weighted by Crippen LogP contribution is 2.39. The molecule has 22 heavy (non-hydrogen) atoms. The van der Waals surface area contributed by atoms with Crippen LogP contribution in [0.3, 0.4) is 0 Å². The standard InChI is InChI=1S/C15H20N2O4S/c1-11-6-7-14(17(18)19)10-15(11)22(20,21)16(13-8-9-13)12-4-2-3-5-12/h6-7,10,12-13H,2-5,8-9H2,1H3. The third kappa shape index (κ3) is 2.75. The topological polar surface area (TPSA) is 80.5 Å². The van der Waals surface area contributed by atoms with Crippen molar-refractivity contribution in [1.29, 1.82) is 0 Å². The number of non-ortho nitro benzene ring substituents is 1. The van der Waals surface area contributed by atoms with Gasteiger partial charge < -0.3 is 0 Å². The molecule has 0 amide bonds. The van der Waals surface area contributed by atoms with E-state index < -0.39 is 14.9 Å². The van der Waals surface area contributed by atoms with E-state index in [0.717, 1.165) is 38.5 Å². The lowest BCUT2D eigenvalue weighted by Gasteiger charge is -2.28. The van der Waals surface area contributed by atoms with Crippen molar-refractivity contribution < 1.29 is 13.3 Å². The van der Waals surface area contributed by atoms with E-state index in [1.165, 1.54) is 18.2 Å². The maximum absolute atomic E-state index is 13.1. The minimum Gasteiger partial charge on any atom is -0.258 e. The van der Waals surface area contributed by atoms with E-state index in [-0.39, 0.29) is 22.7 Å². The Morgan fingerprint density at radius 1 is 1.14 bits per heavy atom. The first kappa shape index (κ1) is 15.4. The number of rotatable bonds is 5. The summed E-state index contributed by atoms with van der Waals surface area (Å²) in [6.45, 7) is 1.69. The molecule has 0 heterocycles. The van der Waals surface area contributed by atoms with Crippen LogP contribution in [0.25, 0.3) is 0 Å². The van der Waals surface area contributed by atoms with Crippen molar-refractivity contribution in [2.45, 2.75) is 62.4 Å². The fourth-order valence-electron chi connectivity index (χ4n) is 3.27. The average Bonchev–Trinajstić information content (AvgIpc) is 3.12. The minimum absolute atomic E-state index is 0.0520. The van der Waals surface area contributed by atoms with Gasteiger partial charge in [0.15, 0.2) is 0 Å². The highest BCUT2D eigenvalue weighted by Gasteiger charge is 2.43. The number of hydrogen-bond acceptors (Lipinski definition) is 4. The molecule has 0 aliphatic heterocycles. The van der Waals surface area contributed by atoms with Gasteiger partial charge in [-0.05, 0) is 38.2 Å². The van der Waals surface area contributed by atoms with Crippen LogP contribution in [0.15, 0.2) is 23.1 Å². The summed E-state index contributed by atoms with van der Waals surface area (Å²) >= 11 is 0. The van der Waals surface area contributed by atoms with Crippen molar-refractivity contribution in [2.75, 3.05) is 0 Å². The second-order valence-electron chi connectivity index (χ2n) is 6.21. The molecule has 120 valence electrons. The molecule has 0 aromatic heterocycles. The molecule has 0 N–H and O–H groups in total. The third-order valence-electron chi connectivity index (χ3n) is 4.53. The van der Waals surface area contributed by atoms with Gasteiger partial charge in [0.05, 0.1) is 9.82 Å². The minimum atomic E-state index is -3.68. The Bertz CT molecular complexity index is 691. The van der Waals surface area contributed by atoms with Gasteiger partial charge >= 0.3 is 0 Å². The number of aryl methyl sites for hydroxylation is 1. The van der Waals surface area contributed by atoms with Crippen LogP contribution in [0.5, 0.6) is 0 Å². The van der Waals surface area contributed by atoms with E-state index in [2.05, 4.69) is 0 Å². The SMILES string of the molecule is Cc1ccc([N+](=O)[O-])cc1S(=O)(=O)N(C1CCCC1)C1CC1. The smallest absolute Gasteiger partial charge is 0.258 e. The lowest BCUT2D eigenvalue weighted by atomic mass is 10.2. The van der Waals surface area contributed by atoms with Crippen molar-refractivity contribution in [2.24, 2.45) is 0 Å². The molecule has 2 aliphatic rings. The number of nitrogens with zero attached hydrogens (tertiary/aromatic N) is 2. The molecule has 6 nitrogen and oxygen atoms in total. The van der Waals surface area contributed by atoms with Gasteiger partial charge in [0.25, 0.3) is 5.69 Å². The maximum Gasteiger partial charge on any atom is 0.270 e. The van der Waals surface area contributed by atoms with Gasteiger partial charge in [-0.3, -0.25) is 10.1 Å². The van der Waals surface area contributed by atoms with E-state index in [9.17, 15) is 18.5 Å². The number of sulfonamides is 1. The zero-order valence-corrected chi connectivity index (χ0v) is 13.4. The Hall–Kier alpha value is -1.47. The summed E-state index contributed by atoms with van der Waals surface area (Å²) in [7, 11) is -3.68. The van der Waals surface area contributed by atoms with Gasteiger partial charge in [-0.1, -0.05) is 18.9 Å². The van der Waals surface area contributed by atoms with Crippen LogP contribution < -0.4 is 0 Å². The van der Waals surface area contributed by atoms with Crippen LogP contribution in [0, 0.1) is 17.0 Å². The molecule has 2 saturated carbocycles. The second kappa shape index (κ2) is 5.62. The first-order valence-corrected chi connectivity index (χ1v) is 9.14. The maximum atomic E-state index is 13.1. The summed E-state index contributed by atoms with van der Waals surface area (Å²) in [6.07, 6.45) is 5.68. The molecule has 2 aliphatic carbocycles. The Morgan fingerprint density at radius 2 is 1.73 bits per heavy atom. The van der Waals surface area contributed by atoms with Crippen molar-refractivity contribution in [3.63, 3.8) is 0 Å². The van der Waals surface area contributed by atoms with Gasteiger partial charge in [-0.15, -0.1) is 0 Å². The van der Waals surface area contributed by atoms with Gasteiger partial charge in [0, 0.05) is 24.2 Å². The summed E-state index contributed by atoms with van der Waals surface area (Å²) in [4.78, 5) is 10.5. The van der Waals surface area contributed by atoms with Crippen molar-refractivity contribution in [1.82, 2.24) is 4.31 Å². The molecule has 0 unspecified atom stereocenters. The largest absolute Gasteiger partial charge is 0.270 e. The summed E-state index contributed by atoms with van der Waals surface area (Å²) < 4.78 is 27.8. The number of nitro groups is 1. The quantitative estimate of drug-likeness (QED) is 0.616. The first-order valence-electron chi connectivity index (χ1n) is 7.70. The van der Waals surface area contributed by atoms with Crippen LogP contribution in [0.1, 0.15) is 44.1 Å². The molecule has 0 spiro atoms. The lowest BCUT2D eigenvalue weighted by Crippen LogP contribution is -2.40. The normalized spacial score (nSPS) is 19.7. The molecular weight excluding hydrogens is 304 g/mol. The fourth-order valence-corrected chi connectivity index (χ4v) is 5.45. The summed E-state index contributed by atoms with van der Waals surface area (Å²) in [5.74, 6) is 0. The van der Waals surface area contributed by atoms with Crippen LogP contribution in [-0.4, -0.2) is 29.7 Å². The van der Waals surface area contributed by atoms with Gasteiger partial charge in [-0.25, -0.2) is 8.42 Å². The molecule has 3 rings (SSSR count). The molecule has 7 heteroatoms. The Labute approximate surface area is 130 Å². The van der Waals surface area contributed by atoms with Crippen molar-refractivity contribution in [3.05, 3.63) is 33.9 Å². The molecule has 0 radical (unpaired) electrons. The van der Waals surface area contributed by atoms with Crippen LogP contribution in [0.4, 0.5) is 5.69 Å². The fraction of sp³-hybridized carbons (Fsp3) is 0.600. The highest BCUT2D eigenvalue weighted by atomic mass is 32.2. The Balaban J connectivity index is 2.03. The van der Waals surface area contributed by atoms with Crippen LogP contribution in [-0.2, 0) is 10.0 Å². The predicted molar refractivity (Wildman–Crippen MR) is 82.1 cm³/mol. The second-order valence-corrected chi connectivity index (χ2v) is 8.02. The monoisotopic (exact) mass is 324 g/mol. The highest BCUT2D eigenvalue weighted by molar-refractivity contribution is 7.89. The zero-order valence-electron chi connectivity index (χ0n) is 12.6. The number of nitro benzene ring substituents is 1. The number of benzene rings is 1. The van der Waals surface area contributed by atoms with E-state index in [4.69, 9.17) is 0 Å². The van der Waals surface area contributed by atoms with E-state index in [1.807, 2.05) is 0 Å². The summed E-state index contributed by atoms with van der Waals surface area (Å²) in [6, 6.07) is 4.20. The first-order chi connectivity index (χ1) is 10.4.